The molecule has 7 heteroatoms. The summed E-state index contributed by atoms with van der Waals surface area (Å²) < 4.78 is 32.1. The van der Waals surface area contributed by atoms with Gasteiger partial charge in [0.05, 0.1) is 6.04 Å². The van der Waals surface area contributed by atoms with E-state index in [-0.39, 0.29) is 18.1 Å². The van der Waals surface area contributed by atoms with E-state index < -0.39 is 17.7 Å². The monoisotopic (exact) mass is 342 g/mol. The van der Waals surface area contributed by atoms with Gasteiger partial charge in [-0.2, -0.15) is 11.8 Å². The molecule has 2 aliphatic rings. The van der Waals surface area contributed by atoms with Gasteiger partial charge in [0.1, 0.15) is 6.10 Å². The number of halogens is 2. The summed E-state index contributed by atoms with van der Waals surface area (Å²) in [5, 5.41) is 2.97. The van der Waals surface area contributed by atoms with Crippen LogP contribution in [0.25, 0.3) is 0 Å². The first-order chi connectivity index (χ1) is 11.1. The highest BCUT2D eigenvalue weighted by molar-refractivity contribution is 7.99. The standard InChI is InChI=1S/C16H20F2N2O2S/c1-20(11-5-7-23-9-11)16(21)19-14-4-6-22-15(14)10-2-3-12(17)13(18)8-10/h2-3,8,11,14-15H,4-7,9H2,1H3,(H,19,21)/t11-,14+,15-/m0/s1. The van der Waals surface area contributed by atoms with E-state index in [0.29, 0.717) is 18.6 Å². The molecule has 1 aromatic carbocycles. The zero-order valence-corrected chi connectivity index (χ0v) is 13.7. The van der Waals surface area contributed by atoms with E-state index in [2.05, 4.69) is 5.32 Å². The molecule has 0 bridgehead atoms. The Morgan fingerprint density at radius 3 is 2.87 bits per heavy atom. The average molecular weight is 342 g/mol. The SMILES string of the molecule is CN(C(=O)N[C@@H]1CCO[C@H]1c1ccc(F)c(F)c1)[C@H]1CCSC1. The van der Waals surface area contributed by atoms with Crippen molar-refractivity contribution in [1.82, 2.24) is 10.2 Å². The molecule has 2 saturated heterocycles. The minimum atomic E-state index is -0.900. The fraction of sp³-hybridized carbons (Fsp3) is 0.562. The van der Waals surface area contributed by atoms with Crippen molar-refractivity contribution < 1.29 is 18.3 Å². The summed E-state index contributed by atoms with van der Waals surface area (Å²) in [5.74, 6) is 0.248. The average Bonchev–Trinajstić information content (AvgIpc) is 3.20. The van der Waals surface area contributed by atoms with Crippen molar-refractivity contribution in [3.05, 3.63) is 35.4 Å². The van der Waals surface area contributed by atoms with Crippen LogP contribution in [0.1, 0.15) is 24.5 Å². The highest BCUT2D eigenvalue weighted by Crippen LogP contribution is 2.30. The van der Waals surface area contributed by atoms with Crippen molar-refractivity contribution >= 4 is 17.8 Å². The number of nitrogens with one attached hydrogen (secondary N) is 1. The van der Waals surface area contributed by atoms with Gasteiger partial charge in [-0.15, -0.1) is 0 Å². The Kier molecular flexibility index (Phi) is 5.06. The summed E-state index contributed by atoms with van der Waals surface area (Å²) in [7, 11) is 1.80. The van der Waals surface area contributed by atoms with Crippen molar-refractivity contribution in [2.45, 2.75) is 31.0 Å². The highest BCUT2D eigenvalue weighted by Gasteiger charge is 2.33. The van der Waals surface area contributed by atoms with E-state index in [4.69, 9.17) is 4.74 Å². The molecule has 4 nitrogen and oxygen atoms in total. The number of carbonyl (C=O) groups is 1. The zero-order valence-electron chi connectivity index (χ0n) is 12.9. The Morgan fingerprint density at radius 2 is 2.17 bits per heavy atom. The van der Waals surface area contributed by atoms with Crippen LogP contribution >= 0.6 is 11.8 Å². The van der Waals surface area contributed by atoms with Crippen LogP contribution in [-0.2, 0) is 4.74 Å². The van der Waals surface area contributed by atoms with E-state index in [1.165, 1.54) is 6.07 Å². The molecule has 23 heavy (non-hydrogen) atoms. The van der Waals surface area contributed by atoms with Gasteiger partial charge in [-0.3, -0.25) is 0 Å². The van der Waals surface area contributed by atoms with Crippen molar-refractivity contribution in [2.24, 2.45) is 0 Å². The fourth-order valence-corrected chi connectivity index (χ4v) is 4.28. The van der Waals surface area contributed by atoms with E-state index in [9.17, 15) is 13.6 Å². The number of hydrogen-bond acceptors (Lipinski definition) is 3. The molecule has 126 valence electrons. The maximum Gasteiger partial charge on any atom is 0.317 e. The summed E-state index contributed by atoms with van der Waals surface area (Å²) >= 11 is 1.85. The van der Waals surface area contributed by atoms with Crippen LogP contribution in [0, 0.1) is 11.6 Å². The normalized spacial score (nSPS) is 27.2. The first-order valence-electron chi connectivity index (χ1n) is 7.74. The molecule has 2 fully saturated rings. The van der Waals surface area contributed by atoms with Gasteiger partial charge in [-0.05, 0) is 36.3 Å². The molecule has 2 amide bonds. The summed E-state index contributed by atoms with van der Waals surface area (Å²) in [5.41, 5.74) is 0.547. The maximum atomic E-state index is 13.4. The maximum absolute atomic E-state index is 13.4. The van der Waals surface area contributed by atoms with Gasteiger partial charge in [-0.25, -0.2) is 13.6 Å². The molecular weight excluding hydrogens is 322 g/mol. The van der Waals surface area contributed by atoms with Crippen LogP contribution < -0.4 is 5.32 Å². The number of nitrogens with zero attached hydrogens (tertiary/aromatic N) is 1. The van der Waals surface area contributed by atoms with Gasteiger partial charge in [0.15, 0.2) is 11.6 Å². The number of hydrogen-bond donors (Lipinski definition) is 1. The van der Waals surface area contributed by atoms with E-state index in [1.54, 1.807) is 11.9 Å². The molecule has 0 saturated carbocycles. The molecule has 1 aromatic rings. The quantitative estimate of drug-likeness (QED) is 0.918. The Labute approximate surface area is 138 Å². The van der Waals surface area contributed by atoms with Crippen molar-refractivity contribution in [2.75, 3.05) is 25.2 Å². The van der Waals surface area contributed by atoms with Crippen LogP contribution in [0.5, 0.6) is 0 Å². The third-order valence-corrected chi connectivity index (χ3v) is 5.59. The third kappa shape index (κ3) is 3.61. The molecule has 0 aromatic heterocycles. The third-order valence-electron chi connectivity index (χ3n) is 4.45. The molecule has 1 N–H and O–H groups in total. The molecule has 2 aliphatic heterocycles. The second-order valence-electron chi connectivity index (χ2n) is 5.94. The lowest BCUT2D eigenvalue weighted by molar-refractivity contribution is 0.0975. The lowest BCUT2D eigenvalue weighted by Crippen LogP contribution is -2.48. The van der Waals surface area contributed by atoms with E-state index in [1.807, 2.05) is 11.8 Å². The first-order valence-corrected chi connectivity index (χ1v) is 8.89. The minimum Gasteiger partial charge on any atom is -0.371 e. The van der Waals surface area contributed by atoms with E-state index >= 15 is 0 Å². The zero-order chi connectivity index (χ0) is 16.4. The lowest BCUT2D eigenvalue weighted by Gasteiger charge is -2.27. The van der Waals surface area contributed by atoms with Gasteiger partial charge in [-0.1, -0.05) is 6.07 Å². The number of amides is 2. The molecule has 3 atom stereocenters. The smallest absolute Gasteiger partial charge is 0.317 e. The Morgan fingerprint density at radius 1 is 1.35 bits per heavy atom. The molecular formula is C16H20F2N2O2S. The second kappa shape index (κ2) is 7.05. The summed E-state index contributed by atoms with van der Waals surface area (Å²) in [6.07, 6.45) is 1.21. The first kappa shape index (κ1) is 16.5. The van der Waals surface area contributed by atoms with Crippen LogP contribution in [-0.4, -0.2) is 48.2 Å². The van der Waals surface area contributed by atoms with Gasteiger partial charge >= 0.3 is 6.03 Å². The van der Waals surface area contributed by atoms with Crippen LogP contribution in [0.4, 0.5) is 13.6 Å². The lowest BCUT2D eigenvalue weighted by atomic mass is 10.0. The Bertz CT molecular complexity index is 581. The Hall–Kier alpha value is -1.34. The largest absolute Gasteiger partial charge is 0.371 e. The van der Waals surface area contributed by atoms with Gasteiger partial charge in [0.25, 0.3) is 0 Å². The summed E-state index contributed by atoms with van der Waals surface area (Å²) in [6, 6.07) is 3.62. The number of thioether (sulfide) groups is 1. The van der Waals surface area contributed by atoms with Crippen LogP contribution in [0.15, 0.2) is 18.2 Å². The topological polar surface area (TPSA) is 41.6 Å². The number of ether oxygens (including phenoxy) is 1. The second-order valence-corrected chi connectivity index (χ2v) is 7.09. The number of rotatable bonds is 3. The molecule has 0 radical (unpaired) electrons. The van der Waals surface area contributed by atoms with E-state index in [0.717, 1.165) is 30.1 Å². The van der Waals surface area contributed by atoms with Crippen molar-refractivity contribution in [3.8, 4) is 0 Å². The van der Waals surface area contributed by atoms with Crippen LogP contribution in [0.3, 0.4) is 0 Å². The van der Waals surface area contributed by atoms with Gasteiger partial charge < -0.3 is 15.0 Å². The molecule has 0 aliphatic carbocycles. The molecule has 0 spiro atoms. The minimum absolute atomic E-state index is 0.138. The molecule has 2 heterocycles. The number of urea groups is 1. The number of carbonyl (C=O) groups excluding carboxylic acids is 1. The Balaban J connectivity index is 1.66. The molecule has 0 unspecified atom stereocenters. The van der Waals surface area contributed by atoms with Crippen molar-refractivity contribution in [3.63, 3.8) is 0 Å². The number of benzene rings is 1. The van der Waals surface area contributed by atoms with Gasteiger partial charge in [0.2, 0.25) is 0 Å². The van der Waals surface area contributed by atoms with Crippen molar-refractivity contribution in [1.29, 1.82) is 0 Å². The highest BCUT2D eigenvalue weighted by atomic mass is 32.2. The van der Waals surface area contributed by atoms with Gasteiger partial charge in [0, 0.05) is 25.4 Å². The predicted octanol–water partition coefficient (Wildman–Crippen LogP) is 2.94. The summed E-state index contributed by atoms with van der Waals surface area (Å²) in [6.45, 7) is 0.484. The molecule has 3 rings (SSSR count). The summed E-state index contributed by atoms with van der Waals surface area (Å²) in [4.78, 5) is 14.1. The predicted molar refractivity (Wildman–Crippen MR) is 85.5 cm³/mol. The van der Waals surface area contributed by atoms with Crippen LogP contribution in [0.2, 0.25) is 0 Å². The fourth-order valence-electron chi connectivity index (χ4n) is 3.01.